The number of likely N-dealkylation sites (tertiary alicyclic amines) is 1. The highest BCUT2D eigenvalue weighted by Gasteiger charge is 2.45. The summed E-state index contributed by atoms with van der Waals surface area (Å²) in [5.41, 5.74) is 1.46. The fourth-order valence-electron chi connectivity index (χ4n) is 6.60. The Morgan fingerprint density at radius 1 is 1.09 bits per heavy atom. The molecule has 248 valence electrons. The fourth-order valence-corrected chi connectivity index (χ4v) is 6.60. The maximum absolute atomic E-state index is 13.7. The summed E-state index contributed by atoms with van der Waals surface area (Å²) < 4.78 is 13.8. The third-order valence-corrected chi connectivity index (χ3v) is 9.03. The number of amides is 3. The van der Waals surface area contributed by atoms with Crippen LogP contribution in [0.2, 0.25) is 0 Å². The van der Waals surface area contributed by atoms with Crippen LogP contribution in [0, 0.1) is 17.8 Å². The van der Waals surface area contributed by atoms with Gasteiger partial charge in [-0.25, -0.2) is 19.2 Å². The van der Waals surface area contributed by atoms with E-state index in [2.05, 4.69) is 17.3 Å². The van der Waals surface area contributed by atoms with E-state index in [1.807, 2.05) is 13.1 Å². The van der Waals surface area contributed by atoms with Crippen LogP contribution >= 0.6 is 0 Å². The molecule has 46 heavy (non-hydrogen) atoms. The number of fused-ring (bicyclic) bond motifs is 1. The minimum absolute atomic E-state index is 0.119. The Bertz CT molecular complexity index is 1580. The Morgan fingerprint density at radius 2 is 1.83 bits per heavy atom. The van der Waals surface area contributed by atoms with Gasteiger partial charge >= 0.3 is 12.1 Å². The summed E-state index contributed by atoms with van der Waals surface area (Å²) >= 11 is 0. The molecule has 0 bridgehead atoms. The van der Waals surface area contributed by atoms with Gasteiger partial charge in [-0.15, -0.1) is 0 Å². The maximum Gasteiger partial charge on any atom is 0.417 e. The lowest BCUT2D eigenvalue weighted by Gasteiger charge is -2.32. The van der Waals surface area contributed by atoms with Crippen molar-refractivity contribution in [2.75, 3.05) is 13.7 Å². The van der Waals surface area contributed by atoms with E-state index in [4.69, 9.17) is 19.6 Å². The van der Waals surface area contributed by atoms with E-state index in [1.54, 1.807) is 54.4 Å². The standard InChI is InChI=1S/C33H45N7O6/c1-7-39-25(16-17-34-39)29(41)36-28(21-12-10-20(2)11-13-21)24-19-40-26(35-24)15-14-23(37-40)22-9-8-18-38(32(44)46-33(3,4)5)30(42)27(22)31(43)45-6/h14-17,19-22,27-28H,7-13,18H2,1-6H3,(H,36,41)/t20?,21?,22?,27?,28-/m0/s1. The van der Waals surface area contributed by atoms with Gasteiger partial charge in [0, 0.05) is 25.2 Å². The van der Waals surface area contributed by atoms with Crippen molar-refractivity contribution in [3.8, 4) is 0 Å². The number of aryl methyl sites for hydroxylation is 1. The van der Waals surface area contributed by atoms with Crippen LogP contribution in [0.5, 0.6) is 0 Å². The third kappa shape index (κ3) is 7.07. The van der Waals surface area contributed by atoms with Crippen LogP contribution < -0.4 is 5.32 Å². The molecular formula is C33H45N7O6. The largest absolute Gasteiger partial charge is 0.468 e. The fraction of sp³-hybridized carbons (Fsp3) is 0.606. The summed E-state index contributed by atoms with van der Waals surface area (Å²) in [4.78, 5) is 59.0. The quantitative estimate of drug-likeness (QED) is 0.289. The molecule has 1 aliphatic heterocycles. The van der Waals surface area contributed by atoms with E-state index >= 15 is 0 Å². The van der Waals surface area contributed by atoms with Gasteiger partial charge in [0.1, 0.15) is 17.2 Å². The molecular weight excluding hydrogens is 590 g/mol. The second-order valence-corrected chi connectivity index (χ2v) is 13.4. The number of esters is 1. The van der Waals surface area contributed by atoms with E-state index in [0.29, 0.717) is 48.0 Å². The van der Waals surface area contributed by atoms with Crippen molar-refractivity contribution < 1.29 is 28.7 Å². The zero-order valence-electron chi connectivity index (χ0n) is 27.6. The maximum atomic E-state index is 13.7. The summed E-state index contributed by atoms with van der Waals surface area (Å²) in [6.45, 7) is 10.1. The molecule has 2 aliphatic rings. The molecule has 0 aromatic carbocycles. The van der Waals surface area contributed by atoms with E-state index in [-0.39, 0.29) is 24.4 Å². The molecule has 3 atom stereocenters. The van der Waals surface area contributed by atoms with Crippen LogP contribution in [0.1, 0.15) is 107 Å². The summed E-state index contributed by atoms with van der Waals surface area (Å²) in [6.07, 6.45) is 7.61. The Kier molecular flexibility index (Phi) is 9.78. The number of rotatable bonds is 7. The lowest BCUT2D eigenvalue weighted by Crippen LogP contribution is -2.46. The van der Waals surface area contributed by atoms with Crippen molar-refractivity contribution in [1.29, 1.82) is 0 Å². The van der Waals surface area contributed by atoms with Gasteiger partial charge in [-0.3, -0.25) is 19.1 Å². The number of imide groups is 1. The first-order valence-corrected chi connectivity index (χ1v) is 16.2. The predicted octanol–water partition coefficient (Wildman–Crippen LogP) is 4.67. The number of methoxy groups -OCH3 is 1. The van der Waals surface area contributed by atoms with Crippen LogP contribution in [0.3, 0.4) is 0 Å². The van der Waals surface area contributed by atoms with E-state index in [0.717, 1.165) is 30.6 Å². The molecule has 1 saturated carbocycles. The van der Waals surface area contributed by atoms with Gasteiger partial charge in [0.05, 0.1) is 30.7 Å². The summed E-state index contributed by atoms with van der Waals surface area (Å²) in [5, 5.41) is 12.3. The van der Waals surface area contributed by atoms with Gasteiger partial charge in [0.25, 0.3) is 5.91 Å². The second kappa shape index (κ2) is 13.6. The van der Waals surface area contributed by atoms with Crippen molar-refractivity contribution in [2.45, 2.75) is 97.2 Å². The predicted molar refractivity (Wildman–Crippen MR) is 168 cm³/mol. The number of carbonyl (C=O) groups excluding carboxylic acids is 4. The number of hydrogen-bond donors (Lipinski definition) is 1. The highest BCUT2D eigenvalue weighted by Crippen LogP contribution is 2.38. The van der Waals surface area contributed by atoms with Crippen molar-refractivity contribution in [3.05, 3.63) is 47.7 Å². The summed E-state index contributed by atoms with van der Waals surface area (Å²) in [5.74, 6) is -2.68. The summed E-state index contributed by atoms with van der Waals surface area (Å²) in [6, 6.07) is 4.94. The first-order chi connectivity index (χ1) is 21.9. The molecule has 2 fully saturated rings. The van der Waals surface area contributed by atoms with Crippen LogP contribution in [0.4, 0.5) is 4.79 Å². The minimum Gasteiger partial charge on any atom is -0.468 e. The summed E-state index contributed by atoms with van der Waals surface area (Å²) in [7, 11) is 1.22. The van der Waals surface area contributed by atoms with Crippen molar-refractivity contribution in [1.82, 2.24) is 34.6 Å². The lowest BCUT2D eigenvalue weighted by atomic mass is 9.78. The van der Waals surface area contributed by atoms with Gasteiger partial charge in [-0.2, -0.15) is 10.2 Å². The average Bonchev–Trinajstić information content (AvgIpc) is 3.63. The molecule has 13 nitrogen and oxygen atoms in total. The molecule has 1 aliphatic carbocycles. The number of aromatic nitrogens is 5. The third-order valence-electron chi connectivity index (χ3n) is 9.03. The van der Waals surface area contributed by atoms with Crippen molar-refractivity contribution in [2.24, 2.45) is 17.8 Å². The Morgan fingerprint density at radius 3 is 2.50 bits per heavy atom. The minimum atomic E-state index is -1.27. The number of imidazole rings is 1. The van der Waals surface area contributed by atoms with Gasteiger partial charge < -0.3 is 14.8 Å². The number of ether oxygens (including phenoxy) is 2. The molecule has 3 aromatic rings. The molecule has 3 amide bonds. The molecule has 3 aromatic heterocycles. The number of hydrogen-bond acceptors (Lipinski definition) is 9. The first kappa shape index (κ1) is 33.1. The van der Waals surface area contributed by atoms with Crippen LogP contribution in [-0.4, -0.2) is 72.4 Å². The van der Waals surface area contributed by atoms with Gasteiger partial charge in [0.15, 0.2) is 5.65 Å². The lowest BCUT2D eigenvalue weighted by molar-refractivity contribution is -0.153. The van der Waals surface area contributed by atoms with Crippen LogP contribution in [0.25, 0.3) is 5.65 Å². The molecule has 4 heterocycles. The first-order valence-electron chi connectivity index (χ1n) is 16.2. The van der Waals surface area contributed by atoms with Gasteiger partial charge in [-0.05, 0) is 83.4 Å². The Labute approximate surface area is 269 Å². The number of nitrogens with zero attached hydrogens (tertiary/aromatic N) is 6. The highest BCUT2D eigenvalue weighted by molar-refractivity contribution is 6.04. The zero-order valence-corrected chi connectivity index (χ0v) is 27.6. The van der Waals surface area contributed by atoms with E-state index in [1.165, 1.54) is 7.11 Å². The normalized spacial score (nSPS) is 23.1. The van der Waals surface area contributed by atoms with Crippen molar-refractivity contribution in [3.63, 3.8) is 0 Å². The molecule has 1 saturated heterocycles. The van der Waals surface area contributed by atoms with Crippen LogP contribution in [-0.2, 0) is 25.6 Å². The van der Waals surface area contributed by atoms with Gasteiger partial charge in [0.2, 0.25) is 5.91 Å². The number of nitrogens with one attached hydrogen (secondary N) is 1. The topological polar surface area (TPSA) is 150 Å². The van der Waals surface area contributed by atoms with Crippen LogP contribution in [0.15, 0.2) is 30.6 Å². The SMILES string of the molecule is CCn1nccc1C(=O)N[C@H](c1cn2nc(C3CCCN(C(=O)OC(C)(C)C)C(=O)C3C(=O)OC)ccc2n1)C1CCC(C)CC1. The second-order valence-electron chi connectivity index (χ2n) is 13.4. The Hall–Kier alpha value is -4.29. The van der Waals surface area contributed by atoms with E-state index < -0.39 is 35.4 Å². The average molecular weight is 636 g/mol. The van der Waals surface area contributed by atoms with E-state index in [9.17, 15) is 19.2 Å². The molecule has 2 unspecified atom stereocenters. The smallest absolute Gasteiger partial charge is 0.417 e. The highest BCUT2D eigenvalue weighted by atomic mass is 16.6. The monoisotopic (exact) mass is 635 g/mol. The molecule has 0 radical (unpaired) electrons. The molecule has 13 heteroatoms. The number of carbonyl (C=O) groups is 4. The zero-order chi connectivity index (χ0) is 33.2. The Balaban J connectivity index is 1.46. The van der Waals surface area contributed by atoms with Gasteiger partial charge in [-0.1, -0.05) is 19.8 Å². The molecule has 0 spiro atoms. The molecule has 5 rings (SSSR count). The van der Waals surface area contributed by atoms with Crippen molar-refractivity contribution >= 4 is 29.5 Å². The molecule has 1 N–H and O–H groups in total.